The minimum Gasteiger partial charge on any atom is -0.361 e. The van der Waals surface area contributed by atoms with E-state index in [4.69, 9.17) is 10.5 Å². The summed E-state index contributed by atoms with van der Waals surface area (Å²) in [7, 11) is 2.20. The Morgan fingerprint density at radius 3 is 2.65 bits per heavy atom. The highest BCUT2D eigenvalue weighted by Gasteiger charge is 2.19. The second-order valence-electron chi connectivity index (χ2n) is 5.90. The van der Waals surface area contributed by atoms with Gasteiger partial charge in [-0.3, -0.25) is 10.2 Å². The number of hydrogen-bond acceptors (Lipinski definition) is 6. The van der Waals surface area contributed by atoms with Gasteiger partial charge in [0.15, 0.2) is 0 Å². The van der Waals surface area contributed by atoms with Crippen LogP contribution in [-0.4, -0.2) is 100 Å². The molecule has 2 fully saturated rings. The highest BCUT2D eigenvalue weighted by molar-refractivity contribution is 4.72. The van der Waals surface area contributed by atoms with Crippen molar-refractivity contribution >= 4 is 0 Å². The van der Waals surface area contributed by atoms with Crippen LogP contribution >= 0.6 is 0 Å². The Bertz CT molecular complexity index is 256. The van der Waals surface area contributed by atoms with Gasteiger partial charge in [-0.15, -0.1) is 0 Å². The van der Waals surface area contributed by atoms with Crippen LogP contribution in [0.2, 0.25) is 0 Å². The number of morpholine rings is 1. The molecule has 3 N–H and O–H groups in total. The Labute approximate surface area is 123 Å². The number of nitrogens with two attached hydrogens (primary N) is 1. The summed E-state index contributed by atoms with van der Waals surface area (Å²) in [4.78, 5) is 7.34. The van der Waals surface area contributed by atoms with E-state index in [9.17, 15) is 0 Å². The largest absolute Gasteiger partial charge is 0.361 e. The second-order valence-corrected chi connectivity index (χ2v) is 5.90. The van der Waals surface area contributed by atoms with Crippen LogP contribution < -0.4 is 11.1 Å². The smallest absolute Gasteiger partial charge is 0.121 e. The van der Waals surface area contributed by atoms with Gasteiger partial charge >= 0.3 is 0 Å². The van der Waals surface area contributed by atoms with E-state index in [-0.39, 0.29) is 6.23 Å². The number of hydrogen-bond donors (Lipinski definition) is 2. The molecule has 0 amide bonds. The van der Waals surface area contributed by atoms with E-state index in [0.717, 1.165) is 39.3 Å². The fraction of sp³-hybridized carbons (Fsp3) is 1.00. The molecule has 0 radical (unpaired) electrons. The molecule has 0 aliphatic carbocycles. The summed E-state index contributed by atoms with van der Waals surface area (Å²) in [6.07, 6.45) is 1.38. The van der Waals surface area contributed by atoms with Crippen molar-refractivity contribution in [3.63, 3.8) is 0 Å². The Morgan fingerprint density at radius 2 is 1.90 bits per heavy atom. The Morgan fingerprint density at radius 1 is 1.10 bits per heavy atom. The lowest BCUT2D eigenvalue weighted by Crippen LogP contribution is -2.51. The maximum atomic E-state index is 5.75. The molecular weight excluding hydrogens is 254 g/mol. The first-order valence-electron chi connectivity index (χ1n) is 7.96. The lowest BCUT2D eigenvalue weighted by atomic mass is 10.3. The third-order valence-corrected chi connectivity index (χ3v) is 4.21. The van der Waals surface area contributed by atoms with Crippen molar-refractivity contribution < 1.29 is 4.74 Å². The van der Waals surface area contributed by atoms with Crippen molar-refractivity contribution in [2.24, 2.45) is 5.73 Å². The molecule has 0 aromatic heterocycles. The second kappa shape index (κ2) is 8.92. The van der Waals surface area contributed by atoms with Crippen LogP contribution in [0.25, 0.3) is 0 Å². The van der Waals surface area contributed by atoms with Crippen LogP contribution in [0.3, 0.4) is 0 Å². The van der Waals surface area contributed by atoms with Gasteiger partial charge in [-0.05, 0) is 26.6 Å². The molecule has 0 aromatic carbocycles. The SMILES string of the molecule is CN1CCN(CCCNC2CN(CCN)CCO2)CC1. The summed E-state index contributed by atoms with van der Waals surface area (Å²) in [6.45, 7) is 11.5. The molecule has 0 bridgehead atoms. The molecule has 0 saturated carbocycles. The van der Waals surface area contributed by atoms with Gasteiger partial charge in [0, 0.05) is 52.4 Å². The van der Waals surface area contributed by atoms with Crippen LogP contribution in [0.4, 0.5) is 0 Å². The van der Waals surface area contributed by atoms with Crippen LogP contribution in [0.1, 0.15) is 6.42 Å². The molecule has 20 heavy (non-hydrogen) atoms. The third-order valence-electron chi connectivity index (χ3n) is 4.21. The summed E-state index contributed by atoms with van der Waals surface area (Å²) >= 11 is 0. The summed E-state index contributed by atoms with van der Waals surface area (Å²) in [5, 5.41) is 3.52. The molecule has 118 valence electrons. The standard InChI is InChI=1S/C14H31N5O/c1-17-7-9-18(10-8-17)5-2-4-16-14-13-19(6-3-15)11-12-20-14/h14,16H,2-13,15H2,1H3. The lowest BCUT2D eigenvalue weighted by Gasteiger charge is -2.34. The topological polar surface area (TPSA) is 57.0 Å². The molecule has 0 aromatic rings. The third kappa shape index (κ3) is 5.63. The fourth-order valence-electron chi connectivity index (χ4n) is 2.85. The van der Waals surface area contributed by atoms with Crippen molar-refractivity contribution in [1.29, 1.82) is 0 Å². The van der Waals surface area contributed by atoms with Crippen LogP contribution in [0, 0.1) is 0 Å². The summed E-state index contributed by atoms with van der Waals surface area (Å²) in [6, 6.07) is 0. The van der Waals surface area contributed by atoms with Crippen molar-refractivity contribution in [1.82, 2.24) is 20.0 Å². The van der Waals surface area contributed by atoms with E-state index < -0.39 is 0 Å². The average molecular weight is 285 g/mol. The van der Waals surface area contributed by atoms with E-state index in [1.54, 1.807) is 0 Å². The first-order chi connectivity index (χ1) is 9.78. The van der Waals surface area contributed by atoms with E-state index >= 15 is 0 Å². The van der Waals surface area contributed by atoms with Gasteiger partial charge in [0.05, 0.1) is 6.61 Å². The Hall–Kier alpha value is -0.240. The fourth-order valence-corrected chi connectivity index (χ4v) is 2.85. The van der Waals surface area contributed by atoms with Gasteiger partial charge in [0.2, 0.25) is 0 Å². The quantitative estimate of drug-likeness (QED) is 0.575. The van der Waals surface area contributed by atoms with E-state index in [0.29, 0.717) is 0 Å². The number of nitrogens with one attached hydrogen (secondary N) is 1. The maximum absolute atomic E-state index is 5.75. The molecule has 6 heteroatoms. The van der Waals surface area contributed by atoms with Crippen molar-refractivity contribution in [3.8, 4) is 0 Å². The number of ether oxygens (including phenoxy) is 1. The maximum Gasteiger partial charge on any atom is 0.121 e. The predicted molar refractivity (Wildman–Crippen MR) is 81.8 cm³/mol. The minimum atomic E-state index is 0.183. The van der Waals surface area contributed by atoms with Crippen LogP contribution in [-0.2, 0) is 4.74 Å². The zero-order valence-corrected chi connectivity index (χ0v) is 12.9. The zero-order valence-electron chi connectivity index (χ0n) is 12.9. The number of piperazine rings is 1. The zero-order chi connectivity index (χ0) is 14.2. The van der Waals surface area contributed by atoms with Gasteiger partial charge in [-0.1, -0.05) is 0 Å². The van der Waals surface area contributed by atoms with E-state index in [1.807, 2.05) is 0 Å². The number of rotatable bonds is 7. The molecule has 1 atom stereocenters. The highest BCUT2D eigenvalue weighted by Crippen LogP contribution is 2.03. The molecule has 1 unspecified atom stereocenters. The molecule has 2 saturated heterocycles. The van der Waals surface area contributed by atoms with Crippen molar-refractivity contribution in [2.45, 2.75) is 12.6 Å². The number of likely N-dealkylation sites (N-methyl/N-ethyl adjacent to an activating group) is 1. The lowest BCUT2D eigenvalue weighted by molar-refractivity contribution is -0.0444. The molecule has 2 aliphatic heterocycles. The molecule has 2 rings (SSSR count). The molecule has 0 spiro atoms. The normalized spacial score (nSPS) is 27.0. The minimum absolute atomic E-state index is 0.183. The molecule has 6 nitrogen and oxygen atoms in total. The molecule has 2 heterocycles. The van der Waals surface area contributed by atoms with Gasteiger partial charge in [-0.2, -0.15) is 0 Å². The summed E-state index contributed by atoms with van der Waals surface area (Å²) < 4.78 is 5.75. The average Bonchev–Trinajstić information content (AvgIpc) is 2.46. The van der Waals surface area contributed by atoms with Crippen molar-refractivity contribution in [2.75, 3.05) is 79.1 Å². The van der Waals surface area contributed by atoms with Crippen molar-refractivity contribution in [3.05, 3.63) is 0 Å². The van der Waals surface area contributed by atoms with Gasteiger partial charge < -0.3 is 20.3 Å². The van der Waals surface area contributed by atoms with Crippen LogP contribution in [0.5, 0.6) is 0 Å². The van der Waals surface area contributed by atoms with Gasteiger partial charge in [0.25, 0.3) is 0 Å². The van der Waals surface area contributed by atoms with E-state index in [1.165, 1.54) is 39.1 Å². The molecular formula is C14H31N5O. The first kappa shape index (κ1) is 16.1. The summed E-state index contributed by atoms with van der Waals surface area (Å²) in [5.41, 5.74) is 5.61. The first-order valence-corrected chi connectivity index (χ1v) is 7.96. The summed E-state index contributed by atoms with van der Waals surface area (Å²) in [5.74, 6) is 0. The van der Waals surface area contributed by atoms with Gasteiger partial charge in [0.1, 0.15) is 6.23 Å². The Balaban J connectivity index is 1.52. The highest BCUT2D eigenvalue weighted by atomic mass is 16.5. The number of nitrogens with zero attached hydrogens (tertiary/aromatic N) is 3. The van der Waals surface area contributed by atoms with Crippen LogP contribution in [0.15, 0.2) is 0 Å². The van der Waals surface area contributed by atoms with E-state index in [2.05, 4.69) is 27.1 Å². The Kier molecular flexibility index (Phi) is 7.19. The molecule has 2 aliphatic rings. The predicted octanol–water partition coefficient (Wildman–Crippen LogP) is -1.17. The van der Waals surface area contributed by atoms with Gasteiger partial charge in [-0.25, -0.2) is 0 Å². The monoisotopic (exact) mass is 285 g/mol.